The van der Waals surface area contributed by atoms with Crippen LogP contribution >= 0.6 is 7.82 Å². The van der Waals surface area contributed by atoms with Crippen molar-refractivity contribution in [2.45, 2.75) is 82.5 Å². The molecule has 2 aliphatic rings. The van der Waals surface area contributed by atoms with Crippen molar-refractivity contribution in [1.29, 1.82) is 0 Å². The van der Waals surface area contributed by atoms with Gasteiger partial charge in [0.05, 0.1) is 26.9 Å². The molecule has 69 heavy (non-hydrogen) atoms. The fourth-order valence-corrected chi connectivity index (χ4v) is 9.85. The van der Waals surface area contributed by atoms with Crippen molar-refractivity contribution in [3.63, 3.8) is 0 Å². The Balaban J connectivity index is 1.15. The number of carbonyl (C=O) groups excluding carboxylic acids is 1. The second kappa shape index (κ2) is 21.4. The zero-order chi connectivity index (χ0) is 48.7. The number of rotatable bonds is 19. The highest BCUT2D eigenvalue weighted by Crippen LogP contribution is 2.54. The topological polar surface area (TPSA) is 231 Å². The fraction of sp³-hybridized carbons (Fsp3) is 0.347. The van der Waals surface area contributed by atoms with E-state index in [9.17, 15) is 24.0 Å². The lowest BCUT2D eigenvalue weighted by molar-refractivity contribution is -0.150. The summed E-state index contributed by atoms with van der Waals surface area (Å²) in [6, 6.07) is 31.9. The lowest BCUT2D eigenvalue weighted by Gasteiger charge is -2.37. The number of nitrogens with zero attached hydrogens (tertiary/aromatic N) is 3. The molecular formula is C49H52N5O14P. The highest BCUT2D eigenvalue weighted by molar-refractivity contribution is 7.48. The molecule has 1 unspecified atom stereocenters. The number of phosphoric ester groups is 1. The molecule has 8 rings (SSSR count). The molecule has 0 bridgehead atoms. The van der Waals surface area contributed by atoms with Gasteiger partial charge in [-0.1, -0.05) is 78.9 Å². The van der Waals surface area contributed by atoms with Crippen LogP contribution in [-0.4, -0.2) is 81.4 Å². The van der Waals surface area contributed by atoms with Gasteiger partial charge in [0.15, 0.2) is 0 Å². The summed E-state index contributed by atoms with van der Waals surface area (Å²) in [5.74, 6) is -0.0190. The lowest BCUT2D eigenvalue weighted by atomic mass is 9.80. The van der Waals surface area contributed by atoms with E-state index < -0.39 is 85.4 Å². The number of hydrogen-bond acceptors (Lipinski definition) is 15. The third-order valence-corrected chi connectivity index (χ3v) is 13.4. The molecule has 3 aromatic carbocycles. The Morgan fingerprint density at radius 3 is 1.80 bits per heavy atom. The predicted molar refractivity (Wildman–Crippen MR) is 249 cm³/mol. The van der Waals surface area contributed by atoms with Gasteiger partial charge in [0.25, 0.3) is 11.1 Å². The summed E-state index contributed by atoms with van der Waals surface area (Å²) in [7, 11) is -3.15. The minimum atomic E-state index is -4.73. The zero-order valence-corrected chi connectivity index (χ0v) is 39.2. The van der Waals surface area contributed by atoms with Gasteiger partial charge in [0, 0.05) is 61.6 Å². The van der Waals surface area contributed by atoms with E-state index in [1.54, 1.807) is 38.4 Å². The van der Waals surface area contributed by atoms with Gasteiger partial charge in [-0.2, -0.15) is 0 Å². The van der Waals surface area contributed by atoms with Gasteiger partial charge >= 0.3 is 25.2 Å². The molecule has 2 saturated heterocycles. The number of benzene rings is 3. The van der Waals surface area contributed by atoms with Crippen LogP contribution in [0.15, 0.2) is 141 Å². The van der Waals surface area contributed by atoms with Gasteiger partial charge < -0.3 is 23.7 Å². The molecule has 7 atom stereocenters. The normalized spacial score (nSPS) is 21.2. The van der Waals surface area contributed by atoms with Crippen LogP contribution in [0.5, 0.6) is 5.75 Å². The van der Waals surface area contributed by atoms with E-state index in [1.165, 1.54) is 35.4 Å². The molecule has 2 N–H and O–H groups in total. The molecule has 0 aliphatic carbocycles. The van der Waals surface area contributed by atoms with E-state index in [2.05, 4.69) is 15.0 Å². The Labute approximate surface area is 395 Å². The number of H-pyrrole nitrogens is 2. The Kier molecular flexibility index (Phi) is 15.1. The van der Waals surface area contributed by atoms with Crippen molar-refractivity contribution in [3.8, 4) is 5.75 Å². The van der Waals surface area contributed by atoms with Crippen molar-refractivity contribution >= 4 is 13.8 Å². The number of aromatic nitrogens is 5. The fourth-order valence-electron chi connectivity index (χ4n) is 8.46. The summed E-state index contributed by atoms with van der Waals surface area (Å²) in [6.07, 6.45) is -2.03. The third-order valence-electron chi connectivity index (χ3n) is 11.9. The van der Waals surface area contributed by atoms with Crippen molar-refractivity contribution in [1.82, 2.24) is 24.1 Å². The Bertz CT molecular complexity index is 2960. The molecule has 2 aliphatic heterocycles. The number of hydrogen-bond donors (Lipinski definition) is 2. The lowest BCUT2D eigenvalue weighted by Crippen LogP contribution is -2.38. The molecule has 5 heterocycles. The molecule has 2 fully saturated rings. The summed E-state index contributed by atoms with van der Waals surface area (Å²) in [5.41, 5.74) is -0.526. The first-order chi connectivity index (χ1) is 33.2. The molecular weight excluding hydrogens is 914 g/mol. The predicted octanol–water partition coefficient (Wildman–Crippen LogP) is 5.39. The largest absolute Gasteiger partial charge is 0.497 e. The van der Waals surface area contributed by atoms with E-state index in [1.807, 2.05) is 84.9 Å². The van der Waals surface area contributed by atoms with Crippen molar-refractivity contribution in [2.24, 2.45) is 0 Å². The molecule has 0 radical (unpaired) electrons. The summed E-state index contributed by atoms with van der Waals surface area (Å²) >= 11 is 0. The van der Waals surface area contributed by atoms with Crippen LogP contribution in [0.2, 0.25) is 0 Å². The van der Waals surface area contributed by atoms with E-state index in [0.717, 1.165) is 16.7 Å². The Morgan fingerprint density at radius 2 is 1.26 bits per heavy atom. The summed E-state index contributed by atoms with van der Waals surface area (Å²) < 4.78 is 67.3. The average molecular weight is 966 g/mol. The maximum Gasteiger partial charge on any atom is 0.475 e. The maximum absolute atomic E-state index is 15.2. The van der Waals surface area contributed by atoms with Crippen LogP contribution in [0, 0.1) is 13.8 Å². The standard InChI is InChI=1S/C49H52N5O14P/c1-31-27-53(47(58)51-45(31)56)43-25-39(65-33(3)55)42(67-43)30-64-69(60,63-24-22-37-17-11-12-23-50-37)68-40-26-44(54-28-32(2)46(57)52-48(54)59)66-41(40)29-62-49(34-13-7-5-8-14-34,35-15-9-6-10-16-35)36-18-20-38(61-4)21-19-36/h5-21,23,27-28,39-44H,22,24-26,29-30H2,1-4H3,(H,51,56,58)(H,52,57,59)/t39-,40-,41+,42+,43+,44+,69?/m0/s1. The number of phosphoric acid groups is 1. The molecule has 20 heteroatoms. The minimum Gasteiger partial charge on any atom is -0.497 e. The molecule has 362 valence electrons. The third kappa shape index (κ3) is 11.2. The van der Waals surface area contributed by atoms with Gasteiger partial charge in [-0.15, -0.1) is 0 Å². The number of aromatic amines is 2. The summed E-state index contributed by atoms with van der Waals surface area (Å²) in [6.45, 7) is 3.34. The van der Waals surface area contributed by atoms with Crippen molar-refractivity contribution in [2.75, 3.05) is 26.9 Å². The molecule has 19 nitrogen and oxygen atoms in total. The maximum atomic E-state index is 15.2. The molecule has 6 aromatic rings. The van der Waals surface area contributed by atoms with E-state index >= 15 is 4.57 Å². The van der Waals surface area contributed by atoms with Crippen molar-refractivity contribution in [3.05, 3.63) is 197 Å². The van der Waals surface area contributed by atoms with Gasteiger partial charge in [-0.3, -0.25) is 52.0 Å². The summed E-state index contributed by atoms with van der Waals surface area (Å²) in [5, 5.41) is 0. The highest BCUT2D eigenvalue weighted by Gasteiger charge is 2.47. The van der Waals surface area contributed by atoms with Gasteiger partial charge in [-0.05, 0) is 54.8 Å². The van der Waals surface area contributed by atoms with E-state index in [0.29, 0.717) is 11.4 Å². The van der Waals surface area contributed by atoms with Gasteiger partial charge in [0.2, 0.25) is 0 Å². The van der Waals surface area contributed by atoms with Gasteiger partial charge in [-0.25, -0.2) is 14.2 Å². The number of pyridine rings is 1. The van der Waals surface area contributed by atoms with Crippen LogP contribution in [0.3, 0.4) is 0 Å². The monoisotopic (exact) mass is 965 g/mol. The summed E-state index contributed by atoms with van der Waals surface area (Å²) in [4.78, 5) is 72.2. The number of ether oxygens (including phenoxy) is 5. The minimum absolute atomic E-state index is 0.0195. The molecule has 3 aromatic heterocycles. The van der Waals surface area contributed by atoms with Crippen LogP contribution < -0.4 is 27.2 Å². The number of methoxy groups -OCH3 is 1. The van der Waals surface area contributed by atoms with Crippen LogP contribution in [0.4, 0.5) is 0 Å². The Hall–Kier alpha value is -6.57. The number of nitrogens with one attached hydrogen (secondary N) is 2. The number of aryl methyl sites for hydroxylation is 2. The number of esters is 1. The SMILES string of the molecule is COc1ccc(C(OC[C@H]2O[C@@H](n3cc(C)c(=O)[nH]c3=O)C[C@@H]2OP(=O)(OCCc2ccccn2)OC[C@H]2O[C@@H](n3cc(C)c(=O)[nH]c3=O)C[C@@H]2OC(C)=O)(c2ccccc2)c2ccccc2)cc1. The second-order valence-corrected chi connectivity index (χ2v) is 18.2. The molecule has 0 saturated carbocycles. The first kappa shape index (κ1) is 48.9. The smallest absolute Gasteiger partial charge is 0.475 e. The first-order valence-electron chi connectivity index (χ1n) is 22.2. The Morgan fingerprint density at radius 1 is 0.725 bits per heavy atom. The number of carbonyl (C=O) groups is 1. The molecule has 0 amide bonds. The second-order valence-electron chi connectivity index (χ2n) is 16.6. The van der Waals surface area contributed by atoms with E-state index in [-0.39, 0.29) is 43.6 Å². The van der Waals surface area contributed by atoms with Gasteiger partial charge in [0.1, 0.15) is 48.2 Å². The quantitative estimate of drug-likeness (QED) is 0.0589. The van der Waals surface area contributed by atoms with Crippen LogP contribution in [-0.2, 0) is 53.9 Å². The van der Waals surface area contributed by atoms with E-state index in [4.69, 9.17) is 37.3 Å². The first-order valence-corrected chi connectivity index (χ1v) is 23.7. The highest BCUT2D eigenvalue weighted by atomic mass is 31.2. The average Bonchev–Trinajstić information content (AvgIpc) is 3.94. The van der Waals surface area contributed by atoms with Crippen molar-refractivity contribution < 1.29 is 46.6 Å². The zero-order valence-electron chi connectivity index (χ0n) is 38.3. The molecule has 0 spiro atoms. The van der Waals surface area contributed by atoms with Crippen LogP contribution in [0.1, 0.15) is 65.7 Å². The van der Waals surface area contributed by atoms with Crippen LogP contribution in [0.25, 0.3) is 0 Å².